The standard InChI is InChI=1S/C35H45F2N3O6.C30H36F2N2O5/c1-35(2,3)34(39(32(44)22-41)17-7-15-38-16-14-33(45)46-40-30(42)12-13-31(40)43)28-20-25(27-21-26(36)10-11-29(27)37)19-24(28)18-23-8-5-4-6-9-23;1-30(2,3)27(34(26(36)17-35)12-11-25-28(37)39-29(38)33-25)23-15-20(22-16-21(31)9-10-24(22)32)14-19(23)13-18-7-5-4-6-8-18/h4-6,8-11,21,24-25,28,34,38,41H,7,12-20,22H2,1-3H3;4-10,16,19-20,23,25,27,35H,11-15,17H2,1-3H3,(H,33,38)/t24?,25?,28?,34-;19?,20?,23?,25-,27-/m00/s1. The van der Waals surface area contributed by atoms with Gasteiger partial charge in [0.15, 0.2) is 0 Å². The molecule has 8 rings (SSSR count). The van der Waals surface area contributed by atoms with Crippen molar-refractivity contribution in [1.29, 1.82) is 0 Å². The van der Waals surface area contributed by atoms with Gasteiger partial charge in [0.2, 0.25) is 11.8 Å². The summed E-state index contributed by atoms with van der Waals surface area (Å²) in [4.78, 5) is 93.7. The quantitative estimate of drug-likeness (QED) is 0.0180. The average Bonchev–Trinajstić information content (AvgIpc) is 2.90. The van der Waals surface area contributed by atoms with E-state index in [0.29, 0.717) is 67.8 Å². The molecule has 2 aliphatic heterocycles. The summed E-state index contributed by atoms with van der Waals surface area (Å²) in [5, 5.41) is 26.0. The number of benzene rings is 4. The summed E-state index contributed by atoms with van der Waals surface area (Å²) >= 11 is 0. The van der Waals surface area contributed by atoms with Gasteiger partial charge in [0.05, 0.1) is 6.42 Å². The third kappa shape index (κ3) is 17.3. The second-order valence-corrected chi connectivity index (χ2v) is 25.1. The van der Waals surface area contributed by atoms with Crippen LogP contribution in [0.3, 0.4) is 0 Å². The van der Waals surface area contributed by atoms with E-state index in [9.17, 15) is 56.9 Å². The maximum Gasteiger partial charge on any atom is 0.415 e. The summed E-state index contributed by atoms with van der Waals surface area (Å²) in [6.07, 6.45) is 3.58. The van der Waals surface area contributed by atoms with Crippen LogP contribution in [0.15, 0.2) is 97.1 Å². The van der Waals surface area contributed by atoms with Gasteiger partial charge in [-0.05, 0) is 163 Å². The molecule has 2 saturated carbocycles. The lowest BCUT2D eigenvalue weighted by Crippen LogP contribution is -2.54. The van der Waals surface area contributed by atoms with Gasteiger partial charge in [0.25, 0.3) is 11.8 Å². The summed E-state index contributed by atoms with van der Waals surface area (Å²) in [7, 11) is 0. The van der Waals surface area contributed by atoms with Gasteiger partial charge >= 0.3 is 18.0 Å². The molecule has 85 heavy (non-hydrogen) atoms. The number of ether oxygens (including phenoxy) is 1. The number of hydrogen-bond donors (Lipinski definition) is 4. The molecule has 0 bridgehead atoms. The van der Waals surface area contributed by atoms with Gasteiger partial charge in [-0.1, -0.05) is 102 Å². The number of nitrogens with zero attached hydrogens (tertiary/aromatic N) is 3. The molecular formula is C65H81F4N5O11. The van der Waals surface area contributed by atoms with E-state index in [1.165, 1.54) is 18.2 Å². The Morgan fingerprint density at radius 3 is 1.54 bits per heavy atom. The third-order valence-corrected chi connectivity index (χ3v) is 17.0. The highest BCUT2D eigenvalue weighted by atomic mass is 19.1. The van der Waals surface area contributed by atoms with E-state index >= 15 is 4.39 Å². The number of carbonyl (C=O) groups is 7. The second kappa shape index (κ2) is 29.4. The first-order chi connectivity index (χ1) is 40.4. The van der Waals surface area contributed by atoms with E-state index in [1.807, 2.05) is 69.3 Å². The molecule has 2 saturated heterocycles. The van der Waals surface area contributed by atoms with Gasteiger partial charge in [0.1, 0.15) is 42.5 Å². The van der Waals surface area contributed by atoms with Crippen molar-refractivity contribution < 1.29 is 70.9 Å². The molecule has 4 aromatic carbocycles. The maximum atomic E-state index is 15.0. The summed E-state index contributed by atoms with van der Waals surface area (Å²) in [6.45, 7) is 12.0. The molecule has 0 aromatic heterocycles. The van der Waals surface area contributed by atoms with E-state index in [1.54, 1.807) is 9.80 Å². The van der Waals surface area contributed by atoms with Crippen LogP contribution in [-0.4, -0.2) is 124 Å². The number of alkyl carbamates (subject to hydrolysis) is 1. The lowest BCUT2D eigenvalue weighted by molar-refractivity contribution is -0.197. The van der Waals surface area contributed by atoms with E-state index in [2.05, 4.69) is 48.3 Å². The van der Waals surface area contributed by atoms with Gasteiger partial charge in [-0.3, -0.25) is 19.2 Å². The molecule has 2 heterocycles. The molecule has 5 amide bonds. The minimum atomic E-state index is -0.884. The average molecular weight is 1180 g/mol. The molecule has 460 valence electrons. The maximum absolute atomic E-state index is 15.0. The highest BCUT2D eigenvalue weighted by Gasteiger charge is 2.49. The Bertz CT molecular complexity index is 2960. The highest BCUT2D eigenvalue weighted by Crippen LogP contribution is 2.52. The van der Waals surface area contributed by atoms with Crippen molar-refractivity contribution in [3.8, 4) is 0 Å². The molecular weight excluding hydrogens is 1100 g/mol. The number of esters is 1. The summed E-state index contributed by atoms with van der Waals surface area (Å²) in [6, 6.07) is 25.5. The van der Waals surface area contributed by atoms with Crippen LogP contribution in [0.25, 0.3) is 0 Å². The number of hydrogen-bond acceptors (Lipinski definition) is 12. The van der Waals surface area contributed by atoms with Crippen LogP contribution in [0.2, 0.25) is 0 Å². The minimum absolute atomic E-state index is 0.0270. The summed E-state index contributed by atoms with van der Waals surface area (Å²) in [5.41, 5.74) is 2.07. The fourth-order valence-electron chi connectivity index (χ4n) is 13.6. The van der Waals surface area contributed by atoms with Crippen molar-refractivity contribution in [2.45, 2.75) is 142 Å². The molecule has 4 fully saturated rings. The number of aliphatic hydroxyl groups excluding tert-OH is 2. The van der Waals surface area contributed by atoms with Gasteiger partial charge in [0, 0.05) is 44.6 Å². The van der Waals surface area contributed by atoms with Crippen molar-refractivity contribution >= 4 is 41.7 Å². The highest BCUT2D eigenvalue weighted by molar-refractivity contribution is 6.01. The zero-order valence-electron chi connectivity index (χ0n) is 49.4. The molecule has 4 aliphatic rings. The predicted octanol–water partition coefficient (Wildman–Crippen LogP) is 9.11. The van der Waals surface area contributed by atoms with Crippen LogP contribution in [0, 0.1) is 57.8 Å². The van der Waals surface area contributed by atoms with E-state index in [-0.39, 0.29) is 86.4 Å². The van der Waals surface area contributed by atoms with Gasteiger partial charge in [-0.25, -0.2) is 31.9 Å². The Morgan fingerprint density at radius 2 is 1.12 bits per heavy atom. The molecule has 4 N–H and O–H groups in total. The number of imide groups is 1. The SMILES string of the molecule is CC(C)(C)[C@H](C1CC(c2cc(F)ccc2F)CC1Cc1ccccc1)N(CCCNCCC(=O)ON1C(=O)CCC1=O)C(=O)CO.CC(C)(C)[C@H](C1CC(c2cc(F)ccc2F)CC1Cc1ccccc1)N(CC[C@@H]1NC(=O)OC1=O)C(=O)CO. The first-order valence-electron chi connectivity index (χ1n) is 29.4. The smallest absolute Gasteiger partial charge is 0.387 e. The zero-order chi connectivity index (χ0) is 61.8. The molecule has 4 aromatic rings. The van der Waals surface area contributed by atoms with Gasteiger partial charge < -0.3 is 40.2 Å². The normalized spacial score (nSPS) is 22.1. The van der Waals surface area contributed by atoms with Gasteiger partial charge in [-0.15, -0.1) is 5.06 Å². The molecule has 0 radical (unpaired) electrons. The van der Waals surface area contributed by atoms with Crippen LogP contribution in [0.4, 0.5) is 22.4 Å². The molecule has 16 nitrogen and oxygen atoms in total. The molecule has 20 heteroatoms. The van der Waals surface area contributed by atoms with Crippen LogP contribution >= 0.6 is 0 Å². The fourth-order valence-corrected chi connectivity index (χ4v) is 13.6. The van der Waals surface area contributed by atoms with E-state index in [0.717, 1.165) is 35.7 Å². The van der Waals surface area contributed by atoms with Crippen LogP contribution < -0.4 is 10.6 Å². The Balaban J connectivity index is 0.000000247. The van der Waals surface area contributed by atoms with E-state index < -0.39 is 95.0 Å². The fraction of sp³-hybridized carbons (Fsp3) is 0.523. The number of rotatable bonds is 23. The minimum Gasteiger partial charge on any atom is -0.387 e. The molecule has 6 unspecified atom stereocenters. The number of aliphatic hydroxyl groups is 2. The number of cyclic esters (lactones) is 2. The van der Waals surface area contributed by atoms with Crippen molar-refractivity contribution in [3.63, 3.8) is 0 Å². The first-order valence-corrected chi connectivity index (χ1v) is 29.4. The van der Waals surface area contributed by atoms with Crippen LogP contribution in [0.5, 0.6) is 0 Å². The zero-order valence-corrected chi connectivity index (χ0v) is 49.4. The topological polar surface area (TPSA) is 212 Å². The summed E-state index contributed by atoms with van der Waals surface area (Å²) < 4.78 is 62.9. The second-order valence-electron chi connectivity index (χ2n) is 25.1. The van der Waals surface area contributed by atoms with Crippen molar-refractivity contribution in [2.24, 2.45) is 34.5 Å². The largest absolute Gasteiger partial charge is 0.415 e. The van der Waals surface area contributed by atoms with Crippen molar-refractivity contribution in [3.05, 3.63) is 143 Å². The van der Waals surface area contributed by atoms with E-state index in [4.69, 9.17) is 4.84 Å². The molecule has 9 atom stereocenters. The lowest BCUT2D eigenvalue weighted by Gasteiger charge is -2.46. The van der Waals surface area contributed by atoms with Crippen LogP contribution in [0.1, 0.15) is 133 Å². The first kappa shape index (κ1) is 65.5. The van der Waals surface area contributed by atoms with Crippen molar-refractivity contribution in [2.75, 3.05) is 39.4 Å². The monoisotopic (exact) mass is 1180 g/mol. The molecule has 0 spiro atoms. The summed E-state index contributed by atoms with van der Waals surface area (Å²) in [5.74, 6) is -5.76. The van der Waals surface area contributed by atoms with Crippen LogP contribution in [-0.2, 0) is 51.2 Å². The lowest BCUT2D eigenvalue weighted by atomic mass is 9.72. The van der Waals surface area contributed by atoms with Gasteiger partial charge in [-0.2, -0.15) is 0 Å². The Labute approximate surface area is 494 Å². The molecule has 2 aliphatic carbocycles. The number of hydroxylamine groups is 2. The Kier molecular flexibility index (Phi) is 22.6. The number of carbonyl (C=O) groups excluding carboxylic acids is 7. The number of nitrogens with one attached hydrogen (secondary N) is 2. The van der Waals surface area contributed by atoms with Crippen molar-refractivity contribution in [1.82, 2.24) is 25.5 Å². The Morgan fingerprint density at radius 1 is 0.659 bits per heavy atom. The predicted molar refractivity (Wildman–Crippen MR) is 307 cm³/mol. The Hall–Kier alpha value is -7.03. The third-order valence-electron chi connectivity index (χ3n) is 17.0. The number of halogens is 4. The number of amides is 5.